The van der Waals surface area contributed by atoms with Gasteiger partial charge >= 0.3 is 0 Å². The Labute approximate surface area is 120 Å². The van der Waals surface area contributed by atoms with Gasteiger partial charge in [-0.05, 0) is 35.9 Å². The fourth-order valence-electron chi connectivity index (χ4n) is 1.85. The molecule has 0 bridgehead atoms. The maximum Gasteiger partial charge on any atom is 0.233 e. The minimum atomic E-state index is 0.130. The Morgan fingerprint density at radius 3 is 2.70 bits per heavy atom. The van der Waals surface area contributed by atoms with Crippen LogP contribution in [0.25, 0.3) is 10.9 Å². The Hall–Kier alpha value is -2.47. The summed E-state index contributed by atoms with van der Waals surface area (Å²) in [6, 6.07) is 9.65. The Morgan fingerprint density at radius 1 is 1.00 bits per heavy atom. The fourth-order valence-corrected chi connectivity index (χ4v) is 2.01. The summed E-state index contributed by atoms with van der Waals surface area (Å²) >= 11 is 5.86. The van der Waals surface area contributed by atoms with Gasteiger partial charge in [-0.1, -0.05) is 6.07 Å². The van der Waals surface area contributed by atoms with Crippen molar-refractivity contribution in [3.05, 3.63) is 41.8 Å². The molecular formula is C13H11ClN6. The van der Waals surface area contributed by atoms with Crippen molar-refractivity contribution in [2.24, 2.45) is 0 Å². The summed E-state index contributed by atoms with van der Waals surface area (Å²) in [6.45, 7) is 0. The van der Waals surface area contributed by atoms with E-state index in [1.165, 1.54) is 0 Å². The summed E-state index contributed by atoms with van der Waals surface area (Å²) in [7, 11) is 1.72. The highest BCUT2D eigenvalue weighted by Crippen LogP contribution is 2.24. The molecule has 0 radical (unpaired) electrons. The SMILES string of the molecule is CNc1nc(Cl)nc(Nc2cccc3ncccc23)n1. The second-order valence-corrected chi connectivity index (χ2v) is 4.34. The van der Waals surface area contributed by atoms with Crippen molar-refractivity contribution in [3.63, 3.8) is 0 Å². The number of benzene rings is 1. The van der Waals surface area contributed by atoms with Gasteiger partial charge in [-0.2, -0.15) is 15.0 Å². The van der Waals surface area contributed by atoms with E-state index >= 15 is 0 Å². The molecule has 0 unspecified atom stereocenters. The van der Waals surface area contributed by atoms with Crippen LogP contribution in [0.15, 0.2) is 36.5 Å². The van der Waals surface area contributed by atoms with Crippen LogP contribution in [0.5, 0.6) is 0 Å². The van der Waals surface area contributed by atoms with Crippen molar-refractivity contribution in [1.29, 1.82) is 0 Å². The van der Waals surface area contributed by atoms with E-state index in [-0.39, 0.29) is 5.28 Å². The Kier molecular flexibility index (Phi) is 3.30. The van der Waals surface area contributed by atoms with Crippen LogP contribution >= 0.6 is 11.6 Å². The molecule has 3 rings (SSSR count). The lowest BCUT2D eigenvalue weighted by Crippen LogP contribution is -2.04. The van der Waals surface area contributed by atoms with Crippen LogP contribution in [-0.2, 0) is 0 Å². The topological polar surface area (TPSA) is 75.6 Å². The number of rotatable bonds is 3. The van der Waals surface area contributed by atoms with Gasteiger partial charge in [0.15, 0.2) is 0 Å². The molecule has 0 fully saturated rings. The lowest BCUT2D eigenvalue weighted by molar-refractivity contribution is 1.05. The number of halogens is 1. The van der Waals surface area contributed by atoms with Crippen molar-refractivity contribution < 1.29 is 0 Å². The number of hydrogen-bond acceptors (Lipinski definition) is 6. The van der Waals surface area contributed by atoms with Crippen molar-refractivity contribution in [2.75, 3.05) is 17.7 Å². The third-order valence-corrected chi connectivity index (χ3v) is 2.89. The van der Waals surface area contributed by atoms with Crippen molar-refractivity contribution in [2.45, 2.75) is 0 Å². The molecule has 0 atom stereocenters. The summed E-state index contributed by atoms with van der Waals surface area (Å²) in [6.07, 6.45) is 1.75. The molecule has 2 aromatic heterocycles. The van der Waals surface area contributed by atoms with Crippen LogP contribution in [0.1, 0.15) is 0 Å². The standard InChI is InChI=1S/C13H11ClN6/c1-15-12-18-11(14)19-13(20-12)17-10-6-2-5-9-8(10)4-3-7-16-9/h2-7H,1H3,(H2,15,17,18,19,20). The van der Waals surface area contributed by atoms with Crippen LogP contribution in [0.3, 0.4) is 0 Å². The van der Waals surface area contributed by atoms with Crippen LogP contribution in [0.4, 0.5) is 17.6 Å². The number of hydrogen-bond donors (Lipinski definition) is 2. The minimum Gasteiger partial charge on any atom is -0.357 e. The van der Waals surface area contributed by atoms with E-state index < -0.39 is 0 Å². The normalized spacial score (nSPS) is 10.5. The predicted octanol–water partition coefficient (Wildman–Crippen LogP) is 2.86. The number of nitrogens with one attached hydrogen (secondary N) is 2. The fraction of sp³-hybridized carbons (Fsp3) is 0.0769. The molecule has 100 valence electrons. The Balaban J connectivity index is 2.03. The molecule has 1 aromatic carbocycles. The third kappa shape index (κ3) is 2.46. The average Bonchev–Trinajstić information content (AvgIpc) is 2.47. The van der Waals surface area contributed by atoms with Crippen molar-refractivity contribution >= 4 is 40.1 Å². The first kappa shape index (κ1) is 12.6. The van der Waals surface area contributed by atoms with Crippen LogP contribution in [-0.4, -0.2) is 27.0 Å². The van der Waals surface area contributed by atoms with E-state index in [1.54, 1.807) is 13.2 Å². The molecule has 0 aliphatic rings. The minimum absolute atomic E-state index is 0.130. The first-order chi connectivity index (χ1) is 9.76. The number of fused-ring (bicyclic) bond motifs is 1. The van der Waals surface area contributed by atoms with E-state index in [2.05, 4.69) is 30.6 Å². The third-order valence-electron chi connectivity index (χ3n) is 2.72. The predicted molar refractivity (Wildman–Crippen MR) is 79.4 cm³/mol. The van der Waals surface area contributed by atoms with Gasteiger partial charge in [0.25, 0.3) is 0 Å². The monoisotopic (exact) mass is 286 g/mol. The molecule has 2 heterocycles. The second-order valence-electron chi connectivity index (χ2n) is 4.00. The molecule has 3 aromatic rings. The lowest BCUT2D eigenvalue weighted by Gasteiger charge is -2.08. The first-order valence-corrected chi connectivity index (χ1v) is 6.34. The Morgan fingerprint density at radius 2 is 1.85 bits per heavy atom. The van der Waals surface area contributed by atoms with E-state index in [1.807, 2.05) is 30.3 Å². The van der Waals surface area contributed by atoms with Gasteiger partial charge in [0, 0.05) is 18.6 Å². The smallest absolute Gasteiger partial charge is 0.233 e. The largest absolute Gasteiger partial charge is 0.357 e. The summed E-state index contributed by atoms with van der Waals surface area (Å²) in [5, 5.41) is 7.08. The zero-order valence-electron chi connectivity index (χ0n) is 10.6. The lowest BCUT2D eigenvalue weighted by atomic mass is 10.2. The van der Waals surface area contributed by atoms with Crippen LogP contribution in [0.2, 0.25) is 5.28 Å². The molecule has 0 saturated carbocycles. The van der Waals surface area contributed by atoms with Gasteiger partial charge in [-0.25, -0.2) is 0 Å². The highest BCUT2D eigenvalue weighted by molar-refractivity contribution is 6.28. The van der Waals surface area contributed by atoms with E-state index in [4.69, 9.17) is 11.6 Å². The van der Waals surface area contributed by atoms with Crippen LogP contribution < -0.4 is 10.6 Å². The summed E-state index contributed by atoms with van der Waals surface area (Å²) in [4.78, 5) is 16.5. The maximum atomic E-state index is 5.86. The molecule has 0 saturated heterocycles. The number of pyridine rings is 1. The van der Waals surface area contributed by atoms with Gasteiger partial charge < -0.3 is 10.6 Å². The van der Waals surface area contributed by atoms with E-state index in [9.17, 15) is 0 Å². The molecule has 0 spiro atoms. The van der Waals surface area contributed by atoms with E-state index in [0.717, 1.165) is 16.6 Å². The van der Waals surface area contributed by atoms with Gasteiger partial charge in [0.2, 0.25) is 17.2 Å². The highest BCUT2D eigenvalue weighted by atomic mass is 35.5. The molecular weight excluding hydrogens is 276 g/mol. The van der Waals surface area contributed by atoms with Crippen LogP contribution in [0, 0.1) is 0 Å². The van der Waals surface area contributed by atoms with Crippen molar-refractivity contribution in [3.8, 4) is 0 Å². The van der Waals surface area contributed by atoms with Crippen molar-refractivity contribution in [1.82, 2.24) is 19.9 Å². The Bertz CT molecular complexity index is 755. The van der Waals surface area contributed by atoms with Gasteiger partial charge in [0.1, 0.15) is 0 Å². The van der Waals surface area contributed by atoms with Gasteiger partial charge in [-0.15, -0.1) is 0 Å². The van der Waals surface area contributed by atoms with E-state index in [0.29, 0.717) is 11.9 Å². The summed E-state index contributed by atoms with van der Waals surface area (Å²) in [5.74, 6) is 0.788. The van der Waals surface area contributed by atoms with Gasteiger partial charge in [-0.3, -0.25) is 4.98 Å². The highest BCUT2D eigenvalue weighted by Gasteiger charge is 2.06. The zero-order chi connectivity index (χ0) is 13.9. The van der Waals surface area contributed by atoms with Gasteiger partial charge in [0.05, 0.1) is 11.2 Å². The molecule has 2 N–H and O–H groups in total. The summed E-state index contributed by atoms with van der Waals surface area (Å²) < 4.78 is 0. The maximum absolute atomic E-state index is 5.86. The second kappa shape index (κ2) is 5.26. The quantitative estimate of drug-likeness (QED) is 0.771. The number of aromatic nitrogens is 4. The molecule has 0 aliphatic carbocycles. The first-order valence-electron chi connectivity index (χ1n) is 5.96. The summed E-state index contributed by atoms with van der Waals surface area (Å²) in [5.41, 5.74) is 1.76. The average molecular weight is 287 g/mol. The molecule has 0 aliphatic heterocycles. The molecule has 6 nitrogen and oxygen atoms in total. The number of anilines is 3. The molecule has 7 heteroatoms. The zero-order valence-corrected chi connectivity index (χ0v) is 11.4. The molecule has 0 amide bonds. The molecule has 20 heavy (non-hydrogen) atoms. The number of nitrogens with zero attached hydrogens (tertiary/aromatic N) is 4.